The Bertz CT molecular complexity index is 171. The molecule has 8 heavy (non-hydrogen) atoms. The Morgan fingerprint density at radius 1 is 1.88 bits per heavy atom. The minimum Gasteiger partial charge on any atom is -0.460 e. The van der Waals surface area contributed by atoms with Gasteiger partial charge in [0.1, 0.15) is 7.11 Å². The van der Waals surface area contributed by atoms with Gasteiger partial charge in [0.2, 0.25) is 0 Å². The fraction of sp³-hybridized carbons (Fsp3) is 0.200. The number of aromatic nitrogens is 1. The maximum atomic E-state index is 4.58. The Labute approximate surface area is 47.2 Å². The number of ether oxygens (including phenoxy) is 1. The first kappa shape index (κ1) is 5.15. The third-order valence-electron chi connectivity index (χ3n) is 0.749. The van der Waals surface area contributed by atoms with Crippen LogP contribution < -0.4 is 4.74 Å². The highest BCUT2D eigenvalue weighted by Crippen LogP contribution is 2.09. The Kier molecular flexibility index (Phi) is 1.20. The molecule has 1 heterocycles. The molecule has 0 aliphatic carbocycles. The van der Waals surface area contributed by atoms with Crippen LogP contribution in [0.15, 0.2) is 10.6 Å². The van der Waals surface area contributed by atoms with E-state index in [-0.39, 0.29) is 0 Å². The van der Waals surface area contributed by atoms with E-state index in [0.717, 1.165) is 5.69 Å². The van der Waals surface area contributed by atoms with Gasteiger partial charge in [0.15, 0.2) is 0 Å². The van der Waals surface area contributed by atoms with Crippen molar-refractivity contribution in [2.45, 2.75) is 6.92 Å². The molecule has 0 aromatic carbocycles. The van der Waals surface area contributed by atoms with Crippen molar-refractivity contribution in [1.29, 1.82) is 0 Å². The summed E-state index contributed by atoms with van der Waals surface area (Å²) in [7, 11) is 3.14. The highest BCUT2D eigenvalue weighted by Gasteiger charge is 1.95. The van der Waals surface area contributed by atoms with Crippen LogP contribution in [0.2, 0.25) is 0 Å². The summed E-state index contributed by atoms with van der Waals surface area (Å²) in [5.41, 5.74) is 0.795. The number of aryl methyl sites for hydroxylation is 1. The molecule has 1 aromatic heterocycles. The molecule has 3 heteroatoms. The van der Waals surface area contributed by atoms with Crippen LogP contribution in [0.5, 0.6) is 5.95 Å². The number of rotatable bonds is 1. The maximum absolute atomic E-state index is 4.58. The Hall–Kier alpha value is -0.990. The van der Waals surface area contributed by atoms with Crippen molar-refractivity contribution in [3.63, 3.8) is 0 Å². The van der Waals surface area contributed by atoms with Gasteiger partial charge in [-0.25, -0.2) is 0 Å². The van der Waals surface area contributed by atoms with E-state index in [4.69, 9.17) is 0 Å². The molecule has 43 valence electrons. The van der Waals surface area contributed by atoms with E-state index < -0.39 is 0 Å². The van der Waals surface area contributed by atoms with E-state index in [0.29, 0.717) is 5.95 Å². The molecule has 0 N–H and O–H groups in total. The van der Waals surface area contributed by atoms with Crippen molar-refractivity contribution in [3.05, 3.63) is 18.9 Å². The van der Waals surface area contributed by atoms with E-state index in [1.54, 1.807) is 6.07 Å². The van der Waals surface area contributed by atoms with Gasteiger partial charge < -0.3 is 9.26 Å². The zero-order chi connectivity index (χ0) is 5.98. The Morgan fingerprint density at radius 2 is 2.62 bits per heavy atom. The molecule has 0 amide bonds. The molecule has 0 aliphatic rings. The molecule has 0 aliphatic heterocycles. The summed E-state index contributed by atoms with van der Waals surface area (Å²) in [5, 5.41) is 3.55. The van der Waals surface area contributed by atoms with E-state index in [1.807, 2.05) is 6.92 Å². The van der Waals surface area contributed by atoms with Crippen molar-refractivity contribution in [3.8, 4) is 5.95 Å². The van der Waals surface area contributed by atoms with Gasteiger partial charge in [-0.3, -0.25) is 0 Å². The topological polar surface area (TPSA) is 35.3 Å². The van der Waals surface area contributed by atoms with Crippen molar-refractivity contribution < 1.29 is 9.26 Å². The van der Waals surface area contributed by atoms with Crippen LogP contribution in [0.1, 0.15) is 5.69 Å². The molecule has 1 rings (SSSR count). The molecule has 0 unspecified atom stereocenters. The largest absolute Gasteiger partial charge is 0.460 e. The highest BCUT2D eigenvalue weighted by atomic mass is 16.6. The van der Waals surface area contributed by atoms with Crippen molar-refractivity contribution in [2.24, 2.45) is 0 Å². The smallest absolute Gasteiger partial charge is 0.311 e. The highest BCUT2D eigenvalue weighted by molar-refractivity contribution is 5.07. The molecule has 0 saturated heterocycles. The van der Waals surface area contributed by atoms with Crippen LogP contribution in [0.4, 0.5) is 0 Å². The molecule has 0 fully saturated rings. The minimum absolute atomic E-state index is 0.350. The summed E-state index contributed by atoms with van der Waals surface area (Å²) in [6.45, 7) is 1.81. The van der Waals surface area contributed by atoms with Crippen molar-refractivity contribution in [2.75, 3.05) is 0 Å². The molecular formula is C5H6NO2. The number of hydrogen-bond donors (Lipinski definition) is 0. The van der Waals surface area contributed by atoms with Gasteiger partial charge in [0.05, 0.1) is 5.69 Å². The third-order valence-corrected chi connectivity index (χ3v) is 0.749. The zero-order valence-corrected chi connectivity index (χ0v) is 4.55. The van der Waals surface area contributed by atoms with Crippen LogP contribution in [0.25, 0.3) is 0 Å². The summed E-state index contributed by atoms with van der Waals surface area (Å²) in [6, 6.07) is 1.66. The van der Waals surface area contributed by atoms with Gasteiger partial charge in [-0.05, 0) is 6.92 Å². The van der Waals surface area contributed by atoms with Crippen LogP contribution in [-0.2, 0) is 0 Å². The second kappa shape index (κ2) is 1.86. The first-order chi connectivity index (χ1) is 3.83. The minimum atomic E-state index is 0.350. The quantitative estimate of drug-likeness (QED) is 0.546. The molecule has 0 saturated carbocycles. The van der Waals surface area contributed by atoms with Gasteiger partial charge in [-0.2, -0.15) is 0 Å². The summed E-state index contributed by atoms with van der Waals surface area (Å²) >= 11 is 0. The zero-order valence-electron chi connectivity index (χ0n) is 4.55. The standard InChI is InChI=1S/C5H6NO2/c1-4-3-5(7-2)8-6-4/h3H,2H2,1H3. The van der Waals surface area contributed by atoms with Crippen molar-refractivity contribution >= 4 is 0 Å². The van der Waals surface area contributed by atoms with E-state index >= 15 is 0 Å². The maximum Gasteiger partial charge on any atom is 0.311 e. The van der Waals surface area contributed by atoms with Crippen LogP contribution >= 0.6 is 0 Å². The molecular weight excluding hydrogens is 106 g/mol. The van der Waals surface area contributed by atoms with Crippen LogP contribution in [0, 0.1) is 14.0 Å². The lowest BCUT2D eigenvalue weighted by atomic mass is 10.5. The fourth-order valence-electron chi connectivity index (χ4n) is 0.408. The number of nitrogens with zero attached hydrogens (tertiary/aromatic N) is 1. The monoisotopic (exact) mass is 112 g/mol. The van der Waals surface area contributed by atoms with Crippen LogP contribution in [-0.4, -0.2) is 5.16 Å². The molecule has 1 aromatic rings. The van der Waals surface area contributed by atoms with Crippen molar-refractivity contribution in [1.82, 2.24) is 5.16 Å². The van der Waals surface area contributed by atoms with E-state index in [9.17, 15) is 0 Å². The fourth-order valence-corrected chi connectivity index (χ4v) is 0.408. The average Bonchev–Trinajstić information content (AvgIpc) is 2.14. The lowest BCUT2D eigenvalue weighted by Crippen LogP contribution is -1.70. The summed E-state index contributed by atoms with van der Waals surface area (Å²) in [6.07, 6.45) is 0. The third kappa shape index (κ3) is 0.804. The lowest BCUT2D eigenvalue weighted by molar-refractivity contribution is 0.284. The average molecular weight is 112 g/mol. The molecule has 0 bridgehead atoms. The van der Waals surface area contributed by atoms with Gasteiger partial charge in [-0.15, -0.1) is 0 Å². The van der Waals surface area contributed by atoms with Gasteiger partial charge >= 0.3 is 5.95 Å². The molecule has 0 spiro atoms. The van der Waals surface area contributed by atoms with E-state index in [2.05, 4.69) is 21.5 Å². The lowest BCUT2D eigenvalue weighted by Gasteiger charge is -1.82. The normalized spacial score (nSPS) is 9.25. The predicted octanol–water partition coefficient (Wildman–Crippen LogP) is 1.15. The van der Waals surface area contributed by atoms with Gasteiger partial charge in [0.25, 0.3) is 0 Å². The van der Waals surface area contributed by atoms with E-state index in [1.165, 1.54) is 0 Å². The Morgan fingerprint density at radius 3 is 2.88 bits per heavy atom. The Balaban J connectivity index is 2.84. The molecule has 1 radical (unpaired) electrons. The SMILES string of the molecule is [CH2]Oc1cc(C)no1. The molecule has 3 nitrogen and oxygen atoms in total. The summed E-state index contributed by atoms with van der Waals surface area (Å²) in [4.78, 5) is 0. The first-order valence-corrected chi connectivity index (χ1v) is 2.18. The number of hydrogen-bond acceptors (Lipinski definition) is 3. The summed E-state index contributed by atoms with van der Waals surface area (Å²) in [5.74, 6) is 0.350. The predicted molar refractivity (Wildman–Crippen MR) is 27.2 cm³/mol. The second-order valence-corrected chi connectivity index (χ2v) is 1.43. The van der Waals surface area contributed by atoms with Crippen LogP contribution in [0.3, 0.4) is 0 Å². The molecule has 0 atom stereocenters. The van der Waals surface area contributed by atoms with Gasteiger partial charge in [0, 0.05) is 6.07 Å². The van der Waals surface area contributed by atoms with Gasteiger partial charge in [-0.1, -0.05) is 5.16 Å². The first-order valence-electron chi connectivity index (χ1n) is 2.18. The second-order valence-electron chi connectivity index (χ2n) is 1.43. The summed E-state index contributed by atoms with van der Waals surface area (Å²) < 4.78 is 9.03.